The second kappa shape index (κ2) is 9.52. The summed E-state index contributed by atoms with van der Waals surface area (Å²) in [6.07, 6.45) is 3.51. The summed E-state index contributed by atoms with van der Waals surface area (Å²) >= 11 is 0. The van der Waals surface area contributed by atoms with Gasteiger partial charge in [0.2, 0.25) is 11.8 Å². The maximum atomic E-state index is 12.5. The molecule has 0 unspecified atom stereocenters. The summed E-state index contributed by atoms with van der Waals surface area (Å²) in [6.45, 7) is 12.2. The Bertz CT molecular complexity index is 681. The third-order valence-corrected chi connectivity index (χ3v) is 5.84. The van der Waals surface area contributed by atoms with Crippen LogP contribution in [0.15, 0.2) is 12.1 Å². The minimum Gasteiger partial charge on any atom is -0.342 e. The van der Waals surface area contributed by atoms with E-state index in [0.29, 0.717) is 13.1 Å². The maximum Gasteiger partial charge on any atom is 0.238 e. The van der Waals surface area contributed by atoms with E-state index in [1.165, 1.54) is 12.0 Å². The normalized spacial score (nSPS) is 18.9. The lowest BCUT2D eigenvalue weighted by Gasteiger charge is -2.35. The van der Waals surface area contributed by atoms with Crippen LogP contribution in [0.1, 0.15) is 36.0 Å². The quantitative estimate of drug-likeness (QED) is 0.843. The van der Waals surface area contributed by atoms with Gasteiger partial charge >= 0.3 is 0 Å². The SMILES string of the molecule is Cc1cc(C)c(NC(=O)CN2CCN(CC(=O)N3CCCCC3)CC2)c(C)c1. The van der Waals surface area contributed by atoms with Crippen molar-refractivity contribution >= 4 is 17.5 Å². The van der Waals surface area contributed by atoms with E-state index in [0.717, 1.165) is 68.9 Å². The lowest BCUT2D eigenvalue weighted by Crippen LogP contribution is -2.51. The summed E-state index contributed by atoms with van der Waals surface area (Å²) in [5.41, 5.74) is 4.35. The summed E-state index contributed by atoms with van der Waals surface area (Å²) in [7, 11) is 0. The Hall–Kier alpha value is -1.92. The Morgan fingerprint density at radius 2 is 1.36 bits per heavy atom. The third-order valence-electron chi connectivity index (χ3n) is 5.84. The number of hydrogen-bond acceptors (Lipinski definition) is 4. The van der Waals surface area contributed by atoms with Crippen LogP contribution in [0.25, 0.3) is 0 Å². The summed E-state index contributed by atoms with van der Waals surface area (Å²) in [5, 5.41) is 3.08. The van der Waals surface area contributed by atoms with E-state index in [4.69, 9.17) is 0 Å². The Labute approximate surface area is 168 Å². The fourth-order valence-corrected chi connectivity index (χ4v) is 4.30. The summed E-state index contributed by atoms with van der Waals surface area (Å²) < 4.78 is 0. The molecule has 1 N–H and O–H groups in total. The van der Waals surface area contributed by atoms with Crippen LogP contribution >= 0.6 is 0 Å². The van der Waals surface area contributed by atoms with Crippen molar-refractivity contribution in [1.82, 2.24) is 14.7 Å². The van der Waals surface area contributed by atoms with E-state index < -0.39 is 0 Å². The molecule has 2 amide bonds. The van der Waals surface area contributed by atoms with Gasteiger partial charge in [0, 0.05) is 45.0 Å². The molecular weight excluding hydrogens is 352 g/mol. The molecule has 0 bridgehead atoms. The third kappa shape index (κ3) is 5.55. The number of piperazine rings is 1. The molecule has 6 heteroatoms. The first kappa shape index (κ1) is 20.8. The average Bonchev–Trinajstić information content (AvgIpc) is 2.67. The van der Waals surface area contributed by atoms with Crippen LogP contribution in [0.3, 0.4) is 0 Å². The van der Waals surface area contributed by atoms with Crippen molar-refractivity contribution < 1.29 is 9.59 Å². The van der Waals surface area contributed by atoms with Gasteiger partial charge in [-0.15, -0.1) is 0 Å². The molecule has 0 atom stereocenters. The predicted molar refractivity (Wildman–Crippen MR) is 113 cm³/mol. The molecule has 0 aliphatic carbocycles. The molecule has 2 aliphatic rings. The molecule has 6 nitrogen and oxygen atoms in total. The zero-order chi connectivity index (χ0) is 20.1. The van der Waals surface area contributed by atoms with E-state index >= 15 is 0 Å². The minimum absolute atomic E-state index is 0.0351. The lowest BCUT2D eigenvalue weighted by atomic mass is 10.1. The van der Waals surface area contributed by atoms with Crippen molar-refractivity contribution in [2.75, 3.05) is 57.7 Å². The minimum atomic E-state index is 0.0351. The van der Waals surface area contributed by atoms with Crippen LogP contribution in [0, 0.1) is 20.8 Å². The Morgan fingerprint density at radius 3 is 1.93 bits per heavy atom. The Kier molecular flexibility index (Phi) is 7.08. The number of carbonyl (C=O) groups excluding carboxylic acids is 2. The molecule has 1 aromatic carbocycles. The molecule has 2 saturated heterocycles. The van der Waals surface area contributed by atoms with E-state index in [9.17, 15) is 9.59 Å². The van der Waals surface area contributed by atoms with E-state index in [2.05, 4.69) is 34.2 Å². The molecule has 0 radical (unpaired) electrons. The van der Waals surface area contributed by atoms with Gasteiger partial charge in [-0.05, 0) is 51.2 Å². The van der Waals surface area contributed by atoms with Crippen LogP contribution < -0.4 is 5.32 Å². The molecule has 0 spiro atoms. The summed E-state index contributed by atoms with van der Waals surface area (Å²) in [6, 6.07) is 4.20. The van der Waals surface area contributed by atoms with Gasteiger partial charge in [-0.2, -0.15) is 0 Å². The Balaban J connectivity index is 1.42. The molecule has 0 saturated carbocycles. The number of rotatable bonds is 5. The highest BCUT2D eigenvalue weighted by molar-refractivity contribution is 5.93. The van der Waals surface area contributed by atoms with E-state index in [1.807, 2.05) is 18.7 Å². The first-order valence-electron chi connectivity index (χ1n) is 10.5. The van der Waals surface area contributed by atoms with Crippen LogP contribution in [0.4, 0.5) is 5.69 Å². The highest BCUT2D eigenvalue weighted by Crippen LogP contribution is 2.22. The van der Waals surface area contributed by atoms with Gasteiger partial charge in [0.25, 0.3) is 0 Å². The monoisotopic (exact) mass is 386 g/mol. The largest absolute Gasteiger partial charge is 0.342 e. The number of piperidine rings is 1. The molecule has 1 aromatic rings. The number of aryl methyl sites for hydroxylation is 3. The van der Waals surface area contributed by atoms with Crippen molar-refractivity contribution in [2.24, 2.45) is 0 Å². The maximum absolute atomic E-state index is 12.5. The van der Waals surface area contributed by atoms with Crippen molar-refractivity contribution in [2.45, 2.75) is 40.0 Å². The number of anilines is 1. The molecule has 28 heavy (non-hydrogen) atoms. The summed E-state index contributed by atoms with van der Waals surface area (Å²) in [4.78, 5) is 31.3. The van der Waals surface area contributed by atoms with Gasteiger partial charge in [-0.1, -0.05) is 17.7 Å². The van der Waals surface area contributed by atoms with E-state index in [1.54, 1.807) is 0 Å². The van der Waals surface area contributed by atoms with Gasteiger partial charge in [-0.25, -0.2) is 0 Å². The fraction of sp³-hybridized carbons (Fsp3) is 0.636. The van der Waals surface area contributed by atoms with Crippen molar-refractivity contribution in [1.29, 1.82) is 0 Å². The number of nitrogens with zero attached hydrogens (tertiary/aromatic N) is 3. The van der Waals surface area contributed by atoms with Gasteiger partial charge < -0.3 is 10.2 Å². The van der Waals surface area contributed by atoms with Crippen molar-refractivity contribution in [3.63, 3.8) is 0 Å². The topological polar surface area (TPSA) is 55.9 Å². The highest BCUT2D eigenvalue weighted by Gasteiger charge is 2.23. The number of hydrogen-bond donors (Lipinski definition) is 1. The standard InChI is InChI=1S/C22H34N4O2/c1-17-13-18(2)22(19(3)14-17)23-20(27)15-24-9-11-25(12-10-24)16-21(28)26-7-5-4-6-8-26/h13-14H,4-12,15-16H2,1-3H3,(H,23,27). The summed E-state index contributed by atoms with van der Waals surface area (Å²) in [5.74, 6) is 0.295. The second-order valence-electron chi connectivity index (χ2n) is 8.32. The number of nitrogens with one attached hydrogen (secondary N) is 1. The van der Waals surface area contributed by atoms with Crippen LogP contribution in [0.5, 0.6) is 0 Å². The van der Waals surface area contributed by atoms with E-state index in [-0.39, 0.29) is 11.8 Å². The first-order valence-corrected chi connectivity index (χ1v) is 10.5. The molecule has 2 fully saturated rings. The van der Waals surface area contributed by atoms with Crippen molar-refractivity contribution in [3.05, 3.63) is 28.8 Å². The molecule has 2 aliphatic heterocycles. The van der Waals surface area contributed by atoms with Crippen LogP contribution in [-0.4, -0.2) is 78.9 Å². The van der Waals surface area contributed by atoms with Crippen LogP contribution in [0.2, 0.25) is 0 Å². The molecule has 154 valence electrons. The first-order chi connectivity index (χ1) is 13.4. The van der Waals surface area contributed by atoms with Gasteiger partial charge in [-0.3, -0.25) is 19.4 Å². The van der Waals surface area contributed by atoms with Crippen LogP contribution in [-0.2, 0) is 9.59 Å². The number of benzene rings is 1. The predicted octanol–water partition coefficient (Wildman–Crippen LogP) is 2.18. The second-order valence-corrected chi connectivity index (χ2v) is 8.32. The van der Waals surface area contributed by atoms with Gasteiger partial charge in [0.15, 0.2) is 0 Å². The molecule has 3 rings (SSSR count). The lowest BCUT2D eigenvalue weighted by molar-refractivity contribution is -0.134. The van der Waals surface area contributed by atoms with Gasteiger partial charge in [0.1, 0.15) is 0 Å². The number of likely N-dealkylation sites (tertiary alicyclic amines) is 1. The molecular formula is C22H34N4O2. The fourth-order valence-electron chi connectivity index (χ4n) is 4.30. The average molecular weight is 387 g/mol. The van der Waals surface area contributed by atoms with Crippen molar-refractivity contribution in [3.8, 4) is 0 Å². The zero-order valence-corrected chi connectivity index (χ0v) is 17.6. The highest BCUT2D eigenvalue weighted by atomic mass is 16.2. The number of amides is 2. The smallest absolute Gasteiger partial charge is 0.238 e. The zero-order valence-electron chi connectivity index (χ0n) is 17.6. The number of carbonyl (C=O) groups is 2. The molecule has 2 heterocycles. The van der Waals surface area contributed by atoms with Gasteiger partial charge in [0.05, 0.1) is 13.1 Å². The molecule has 0 aromatic heterocycles. The Morgan fingerprint density at radius 1 is 0.821 bits per heavy atom.